The predicted octanol–water partition coefficient (Wildman–Crippen LogP) is -0.195. The first kappa shape index (κ1) is 11.5. The second kappa shape index (κ2) is 5.32. The van der Waals surface area contributed by atoms with E-state index in [2.05, 4.69) is 22.6 Å². The standard InChI is InChI=1S/C10H21N3O/c1-8(11-2)10(14)12-9-4-6-13(3)7-5-9/h8-9,11H,4-7H2,1-3H3,(H,12,14)/t8-/m0/s1. The van der Waals surface area contributed by atoms with Gasteiger partial charge in [-0.2, -0.15) is 0 Å². The molecule has 2 N–H and O–H groups in total. The second-order valence-corrected chi connectivity index (χ2v) is 4.10. The third-order valence-corrected chi connectivity index (χ3v) is 2.89. The molecule has 1 rings (SSSR count). The van der Waals surface area contributed by atoms with Gasteiger partial charge in [0.15, 0.2) is 0 Å². The monoisotopic (exact) mass is 199 g/mol. The fourth-order valence-corrected chi connectivity index (χ4v) is 1.61. The van der Waals surface area contributed by atoms with E-state index in [9.17, 15) is 4.79 Å². The first-order valence-corrected chi connectivity index (χ1v) is 5.29. The van der Waals surface area contributed by atoms with E-state index in [1.165, 1.54) is 0 Å². The highest BCUT2D eigenvalue weighted by Gasteiger charge is 2.20. The molecular weight excluding hydrogens is 178 g/mol. The van der Waals surface area contributed by atoms with Crippen molar-refractivity contribution in [3.05, 3.63) is 0 Å². The van der Waals surface area contributed by atoms with Gasteiger partial charge in [0.1, 0.15) is 0 Å². The number of likely N-dealkylation sites (N-methyl/N-ethyl adjacent to an activating group) is 1. The molecule has 0 aliphatic carbocycles. The molecule has 1 fully saturated rings. The SMILES string of the molecule is CN[C@@H](C)C(=O)NC1CCN(C)CC1. The van der Waals surface area contributed by atoms with Crippen LogP contribution in [0.15, 0.2) is 0 Å². The van der Waals surface area contributed by atoms with Crippen LogP contribution in [0.2, 0.25) is 0 Å². The molecule has 1 atom stereocenters. The summed E-state index contributed by atoms with van der Waals surface area (Å²) in [4.78, 5) is 13.8. The minimum Gasteiger partial charge on any atom is -0.352 e. The van der Waals surface area contributed by atoms with E-state index >= 15 is 0 Å². The molecule has 0 radical (unpaired) electrons. The van der Waals surface area contributed by atoms with Crippen LogP contribution in [0.4, 0.5) is 0 Å². The number of rotatable bonds is 3. The van der Waals surface area contributed by atoms with Gasteiger partial charge < -0.3 is 15.5 Å². The molecule has 0 saturated carbocycles. The van der Waals surface area contributed by atoms with Crippen molar-refractivity contribution in [2.45, 2.75) is 31.8 Å². The van der Waals surface area contributed by atoms with Gasteiger partial charge in [0.05, 0.1) is 6.04 Å². The molecule has 0 unspecified atom stereocenters. The maximum Gasteiger partial charge on any atom is 0.237 e. The van der Waals surface area contributed by atoms with Gasteiger partial charge in [0, 0.05) is 6.04 Å². The zero-order valence-corrected chi connectivity index (χ0v) is 9.34. The summed E-state index contributed by atoms with van der Waals surface area (Å²) < 4.78 is 0. The highest BCUT2D eigenvalue weighted by atomic mass is 16.2. The van der Waals surface area contributed by atoms with E-state index in [-0.39, 0.29) is 11.9 Å². The van der Waals surface area contributed by atoms with E-state index in [0.717, 1.165) is 25.9 Å². The number of carbonyl (C=O) groups excluding carboxylic acids is 1. The van der Waals surface area contributed by atoms with Gasteiger partial charge >= 0.3 is 0 Å². The first-order valence-electron chi connectivity index (χ1n) is 5.29. The highest BCUT2D eigenvalue weighted by molar-refractivity contribution is 5.81. The lowest BCUT2D eigenvalue weighted by molar-refractivity contribution is -0.123. The fraction of sp³-hybridized carbons (Fsp3) is 0.900. The molecule has 0 bridgehead atoms. The molecule has 1 aliphatic rings. The lowest BCUT2D eigenvalue weighted by Gasteiger charge is -2.30. The van der Waals surface area contributed by atoms with E-state index in [4.69, 9.17) is 0 Å². The quantitative estimate of drug-likeness (QED) is 0.662. The second-order valence-electron chi connectivity index (χ2n) is 4.10. The number of amides is 1. The van der Waals surface area contributed by atoms with Crippen LogP contribution in [0.5, 0.6) is 0 Å². The van der Waals surface area contributed by atoms with E-state index in [0.29, 0.717) is 6.04 Å². The molecular formula is C10H21N3O. The van der Waals surface area contributed by atoms with Gasteiger partial charge in [-0.05, 0) is 47.0 Å². The maximum absolute atomic E-state index is 11.5. The average Bonchev–Trinajstić information content (AvgIpc) is 2.20. The molecule has 0 spiro atoms. The van der Waals surface area contributed by atoms with Crippen molar-refractivity contribution < 1.29 is 4.79 Å². The zero-order chi connectivity index (χ0) is 10.6. The Balaban J connectivity index is 2.27. The van der Waals surface area contributed by atoms with Crippen LogP contribution < -0.4 is 10.6 Å². The lowest BCUT2D eigenvalue weighted by atomic mass is 10.1. The summed E-state index contributed by atoms with van der Waals surface area (Å²) in [5.74, 6) is 0.113. The van der Waals surface area contributed by atoms with E-state index in [1.807, 2.05) is 6.92 Å². The number of piperidine rings is 1. The van der Waals surface area contributed by atoms with Crippen molar-refractivity contribution in [1.29, 1.82) is 0 Å². The average molecular weight is 199 g/mol. The van der Waals surface area contributed by atoms with Crippen molar-refractivity contribution in [3.8, 4) is 0 Å². The summed E-state index contributed by atoms with van der Waals surface area (Å²) in [6.45, 7) is 4.04. The van der Waals surface area contributed by atoms with E-state index < -0.39 is 0 Å². The Morgan fingerprint density at radius 1 is 1.43 bits per heavy atom. The number of hydrogen-bond acceptors (Lipinski definition) is 3. The van der Waals surface area contributed by atoms with Crippen molar-refractivity contribution in [1.82, 2.24) is 15.5 Å². The van der Waals surface area contributed by atoms with Gasteiger partial charge in [-0.3, -0.25) is 4.79 Å². The Morgan fingerprint density at radius 2 is 2.00 bits per heavy atom. The van der Waals surface area contributed by atoms with Crippen LogP contribution in [0, 0.1) is 0 Å². The number of likely N-dealkylation sites (tertiary alicyclic amines) is 1. The highest BCUT2D eigenvalue weighted by Crippen LogP contribution is 2.07. The molecule has 1 heterocycles. The van der Waals surface area contributed by atoms with Crippen LogP contribution in [0.3, 0.4) is 0 Å². The van der Waals surface area contributed by atoms with E-state index in [1.54, 1.807) is 7.05 Å². The smallest absolute Gasteiger partial charge is 0.237 e. The summed E-state index contributed by atoms with van der Waals surface area (Å²) in [5.41, 5.74) is 0. The zero-order valence-electron chi connectivity index (χ0n) is 9.34. The third kappa shape index (κ3) is 3.27. The van der Waals surface area contributed by atoms with Gasteiger partial charge in [0.2, 0.25) is 5.91 Å². The summed E-state index contributed by atoms with van der Waals surface area (Å²) in [7, 11) is 3.92. The maximum atomic E-state index is 11.5. The molecule has 0 aromatic rings. The predicted molar refractivity (Wildman–Crippen MR) is 57.2 cm³/mol. The summed E-state index contributed by atoms with van der Waals surface area (Å²) >= 11 is 0. The Morgan fingerprint density at radius 3 is 2.50 bits per heavy atom. The molecule has 1 saturated heterocycles. The van der Waals surface area contributed by atoms with Crippen LogP contribution in [-0.4, -0.2) is 50.1 Å². The number of nitrogens with one attached hydrogen (secondary N) is 2. The molecule has 4 heteroatoms. The number of nitrogens with zero attached hydrogens (tertiary/aromatic N) is 1. The summed E-state index contributed by atoms with van der Waals surface area (Å²) in [6.07, 6.45) is 2.14. The van der Waals surface area contributed by atoms with Gasteiger partial charge in [0.25, 0.3) is 0 Å². The minimum atomic E-state index is -0.0883. The van der Waals surface area contributed by atoms with Crippen LogP contribution in [0.25, 0.3) is 0 Å². The Bertz CT molecular complexity index is 188. The Kier molecular flexibility index (Phi) is 4.35. The minimum absolute atomic E-state index is 0.0883. The van der Waals surface area contributed by atoms with Crippen LogP contribution in [0.1, 0.15) is 19.8 Å². The van der Waals surface area contributed by atoms with Crippen molar-refractivity contribution in [3.63, 3.8) is 0 Å². The lowest BCUT2D eigenvalue weighted by Crippen LogP contribution is -2.48. The number of hydrogen-bond donors (Lipinski definition) is 2. The van der Waals surface area contributed by atoms with Crippen molar-refractivity contribution in [2.75, 3.05) is 27.2 Å². The largest absolute Gasteiger partial charge is 0.352 e. The van der Waals surface area contributed by atoms with Crippen LogP contribution in [-0.2, 0) is 4.79 Å². The van der Waals surface area contributed by atoms with Crippen molar-refractivity contribution >= 4 is 5.91 Å². The fourth-order valence-electron chi connectivity index (χ4n) is 1.61. The molecule has 82 valence electrons. The summed E-state index contributed by atoms with van der Waals surface area (Å²) in [5, 5.41) is 6.00. The van der Waals surface area contributed by atoms with Gasteiger partial charge in [-0.15, -0.1) is 0 Å². The Hall–Kier alpha value is -0.610. The number of carbonyl (C=O) groups is 1. The molecule has 0 aromatic carbocycles. The molecule has 1 amide bonds. The Labute approximate surface area is 86.0 Å². The normalized spacial score (nSPS) is 21.9. The third-order valence-electron chi connectivity index (χ3n) is 2.89. The van der Waals surface area contributed by atoms with Crippen molar-refractivity contribution in [2.24, 2.45) is 0 Å². The van der Waals surface area contributed by atoms with Gasteiger partial charge in [-0.1, -0.05) is 0 Å². The topological polar surface area (TPSA) is 44.4 Å². The first-order chi connectivity index (χ1) is 6.63. The molecule has 4 nitrogen and oxygen atoms in total. The molecule has 0 aromatic heterocycles. The van der Waals surface area contributed by atoms with Crippen LogP contribution >= 0.6 is 0 Å². The van der Waals surface area contributed by atoms with Gasteiger partial charge in [-0.25, -0.2) is 0 Å². The summed E-state index contributed by atoms with van der Waals surface area (Å²) in [6, 6.07) is 0.282. The molecule has 14 heavy (non-hydrogen) atoms. The molecule has 1 aliphatic heterocycles.